The summed E-state index contributed by atoms with van der Waals surface area (Å²) in [6, 6.07) is 25.5. The van der Waals surface area contributed by atoms with Gasteiger partial charge in [-0.25, -0.2) is 0 Å². The molecule has 1 spiro atoms. The zero-order chi connectivity index (χ0) is 25.9. The Hall–Kier alpha value is -5.48. The lowest BCUT2D eigenvalue weighted by molar-refractivity contribution is -0.819. The average Bonchev–Trinajstić information content (AvgIpc) is 3.79. The van der Waals surface area contributed by atoms with Gasteiger partial charge in [0.15, 0.2) is 0 Å². The van der Waals surface area contributed by atoms with Gasteiger partial charge >= 0.3 is 5.91 Å². The number of fused-ring (bicyclic) bond motifs is 2. The highest BCUT2D eigenvalue weighted by atomic mass is 15.6. The summed E-state index contributed by atoms with van der Waals surface area (Å²) in [4.78, 5) is 0. The van der Waals surface area contributed by atoms with Gasteiger partial charge in [0.05, 0.1) is 27.1 Å². The second kappa shape index (κ2) is 5.43. The van der Waals surface area contributed by atoms with Crippen LogP contribution >= 0.6 is 0 Å². The largest absolute Gasteiger partial charge is 0.553 e. The lowest BCUT2D eigenvalue weighted by Gasteiger charge is -2.37. The Balaban J connectivity index is 1.41. The number of aromatic nitrogens is 2. The van der Waals surface area contributed by atoms with Gasteiger partial charge in [0.1, 0.15) is 0 Å². The zero-order valence-corrected chi connectivity index (χ0v) is 21.7. The van der Waals surface area contributed by atoms with Crippen LogP contribution in [-0.2, 0) is 5.91 Å². The molecule has 0 amide bonds. The molecule has 0 saturated heterocycles. The predicted molar refractivity (Wildman–Crippen MR) is 165 cm³/mol. The van der Waals surface area contributed by atoms with Gasteiger partial charge in [0.25, 0.3) is 0 Å². The van der Waals surface area contributed by atoms with Crippen LogP contribution in [0, 0.1) is 0 Å². The number of benzene rings is 5. The van der Waals surface area contributed by atoms with Crippen LogP contribution < -0.4 is 15.9 Å². The van der Waals surface area contributed by atoms with E-state index in [4.69, 9.17) is 0 Å². The summed E-state index contributed by atoms with van der Waals surface area (Å²) < 4.78 is 10.4. The van der Waals surface area contributed by atoms with Crippen molar-refractivity contribution in [2.24, 2.45) is 0 Å². The zero-order valence-electron chi connectivity index (χ0n) is 21.7. The third kappa shape index (κ3) is 1.63. The Bertz CT molecular complexity index is 2950. The molecule has 6 aliphatic heterocycles. The fourth-order valence-corrected chi connectivity index (χ4v) is 9.30. The molecular weight excluding hydrogens is 500 g/mol. The van der Waals surface area contributed by atoms with Crippen LogP contribution in [0.2, 0.25) is 0 Å². The molecule has 8 heterocycles. The predicted octanol–water partition coefficient (Wildman–Crippen LogP) is 4.44. The van der Waals surface area contributed by atoms with E-state index in [1.54, 1.807) is 0 Å². The van der Waals surface area contributed by atoms with Gasteiger partial charge in [-0.3, -0.25) is 0 Å². The molecule has 4 nitrogen and oxygen atoms in total. The van der Waals surface area contributed by atoms with E-state index < -0.39 is 5.91 Å². The highest BCUT2D eigenvalue weighted by Crippen LogP contribution is 2.48. The van der Waals surface area contributed by atoms with Gasteiger partial charge in [-0.1, -0.05) is 51.6 Å². The summed E-state index contributed by atoms with van der Waals surface area (Å²) in [6.07, 6.45) is 16.3. The lowest BCUT2D eigenvalue weighted by Crippen LogP contribution is -2.69. The Morgan fingerprint density at radius 1 is 0.561 bits per heavy atom. The SMILES string of the molecule is C1=CC2=[N+]3C1=Cc1cc4c5cc6cccc7ccc8ccc(c9c4n1C31n3c(ccc3=CC3=[N+]1C=9C=C3)=C2)c5c8c76. The first-order valence-electron chi connectivity index (χ1n) is 14.4. The van der Waals surface area contributed by atoms with Gasteiger partial charge in [-0.2, -0.15) is 9.13 Å². The monoisotopic (exact) mass is 518 g/mol. The van der Waals surface area contributed by atoms with Gasteiger partial charge < -0.3 is 0 Å². The minimum absolute atomic E-state index is 0.573. The van der Waals surface area contributed by atoms with Crippen molar-refractivity contribution in [2.75, 3.05) is 0 Å². The number of hydrogen-bond acceptors (Lipinski definition) is 0. The van der Waals surface area contributed by atoms with Crippen molar-refractivity contribution in [1.29, 1.82) is 0 Å². The van der Waals surface area contributed by atoms with E-state index in [0.29, 0.717) is 0 Å². The summed E-state index contributed by atoms with van der Waals surface area (Å²) in [6.45, 7) is 0. The standard InChI is InChI=1S/C37H18N4/c1-2-19-4-5-20-6-12-28-34-29(14-21(3-1)32(19)33(20)34)30-18-27-17-25-10-9-23-15-22-7-8-24-16-26-11-13-31-35(28)36(30)41(27)37(38(22)24,39(23)25)40(26)31/h1-18H/q+2. The number of rotatable bonds is 0. The normalized spacial score (nSPS) is 21.9. The van der Waals surface area contributed by atoms with Crippen LogP contribution in [-0.4, -0.2) is 29.7 Å². The molecule has 0 bridgehead atoms. The molecule has 0 saturated carbocycles. The van der Waals surface area contributed by atoms with Crippen LogP contribution in [0.1, 0.15) is 5.69 Å². The Morgan fingerprint density at radius 2 is 1.34 bits per heavy atom. The van der Waals surface area contributed by atoms with E-state index >= 15 is 0 Å². The Morgan fingerprint density at radius 3 is 2.24 bits per heavy atom. The molecule has 7 aromatic rings. The Labute approximate surface area is 231 Å². The second-order valence-corrected chi connectivity index (χ2v) is 12.2. The van der Waals surface area contributed by atoms with Gasteiger partial charge in [-0.15, -0.1) is 0 Å². The molecule has 0 N–H and O–H groups in total. The summed E-state index contributed by atoms with van der Waals surface area (Å²) in [7, 11) is 0. The first-order chi connectivity index (χ1) is 20.3. The molecule has 4 heteroatoms. The molecule has 41 heavy (non-hydrogen) atoms. The van der Waals surface area contributed by atoms with Crippen molar-refractivity contribution in [3.8, 4) is 0 Å². The van der Waals surface area contributed by atoms with Crippen molar-refractivity contribution in [1.82, 2.24) is 9.13 Å². The van der Waals surface area contributed by atoms with Crippen molar-refractivity contribution in [3.63, 3.8) is 0 Å². The van der Waals surface area contributed by atoms with Gasteiger partial charge in [0, 0.05) is 47.9 Å². The van der Waals surface area contributed by atoms with E-state index in [2.05, 4.69) is 128 Å². The molecule has 0 aliphatic carbocycles. The van der Waals surface area contributed by atoms with Gasteiger partial charge in [-0.05, 0) is 67.4 Å². The minimum Gasteiger partial charge on any atom is -0.199 e. The Kier molecular flexibility index (Phi) is 2.48. The molecule has 2 aromatic heterocycles. The quantitative estimate of drug-likeness (QED) is 0.160. The van der Waals surface area contributed by atoms with E-state index in [9.17, 15) is 0 Å². The molecule has 0 radical (unpaired) electrons. The van der Waals surface area contributed by atoms with Crippen LogP contribution in [0.15, 0.2) is 96.7 Å². The first kappa shape index (κ1) is 18.7. The van der Waals surface area contributed by atoms with Crippen LogP contribution in [0.25, 0.3) is 77.9 Å². The molecule has 184 valence electrons. The molecule has 1 atom stereocenters. The third-order valence-electron chi connectivity index (χ3n) is 10.6. The first-order valence-corrected chi connectivity index (χ1v) is 14.4. The average molecular weight is 519 g/mol. The maximum absolute atomic E-state index is 2.65. The lowest BCUT2D eigenvalue weighted by atomic mass is 9.87. The second-order valence-electron chi connectivity index (χ2n) is 12.2. The fourth-order valence-electron chi connectivity index (χ4n) is 9.30. The molecule has 0 fully saturated rings. The third-order valence-corrected chi connectivity index (χ3v) is 10.6. The molecule has 6 aliphatic rings. The maximum atomic E-state index is 2.65. The van der Waals surface area contributed by atoms with Gasteiger partial charge in [0.2, 0.25) is 22.8 Å². The topological polar surface area (TPSA) is 15.9 Å². The van der Waals surface area contributed by atoms with Crippen molar-refractivity contribution < 1.29 is 9.15 Å². The van der Waals surface area contributed by atoms with E-state index in [0.717, 1.165) is 0 Å². The number of hydrogen-bond donors (Lipinski definition) is 0. The van der Waals surface area contributed by atoms with E-state index in [1.165, 1.54) is 98.4 Å². The van der Waals surface area contributed by atoms with E-state index in [-0.39, 0.29) is 0 Å². The maximum Gasteiger partial charge on any atom is 0.553 e. The smallest absolute Gasteiger partial charge is 0.199 e. The molecule has 13 rings (SSSR count). The number of allylic oxidation sites excluding steroid dienone is 3. The van der Waals surface area contributed by atoms with E-state index in [1.807, 2.05) is 0 Å². The highest BCUT2D eigenvalue weighted by Gasteiger charge is 2.69. The summed E-state index contributed by atoms with van der Waals surface area (Å²) >= 11 is 0. The number of nitrogens with zero attached hydrogens (tertiary/aromatic N) is 4. The van der Waals surface area contributed by atoms with Crippen LogP contribution in [0.4, 0.5) is 0 Å². The summed E-state index contributed by atoms with van der Waals surface area (Å²) in [5, 5.41) is 16.0. The molecular formula is C37H18N4+2. The highest BCUT2D eigenvalue weighted by molar-refractivity contribution is 6.35. The van der Waals surface area contributed by atoms with Crippen molar-refractivity contribution in [3.05, 3.63) is 118 Å². The molecule has 1 unspecified atom stereocenters. The van der Waals surface area contributed by atoms with Crippen molar-refractivity contribution in [2.45, 2.75) is 5.91 Å². The summed E-state index contributed by atoms with van der Waals surface area (Å²) in [5.41, 5.74) is 7.61. The van der Waals surface area contributed by atoms with Crippen LogP contribution in [0.5, 0.6) is 0 Å². The van der Waals surface area contributed by atoms with Crippen molar-refractivity contribution >= 4 is 89.3 Å². The molecule has 5 aromatic carbocycles. The van der Waals surface area contributed by atoms with Crippen LogP contribution in [0.3, 0.4) is 0 Å². The summed E-state index contributed by atoms with van der Waals surface area (Å²) in [5.74, 6) is -0.573. The minimum atomic E-state index is -0.573. The fraction of sp³-hybridized carbons (Fsp3) is 0.0270.